The van der Waals surface area contributed by atoms with E-state index in [1.165, 1.54) is 0 Å². The van der Waals surface area contributed by atoms with Crippen molar-refractivity contribution in [1.82, 2.24) is 10.3 Å². The smallest absolute Gasteiger partial charge is 0.287 e. The van der Waals surface area contributed by atoms with Gasteiger partial charge in [-0.2, -0.15) is 0 Å². The zero-order chi connectivity index (χ0) is 21.2. The van der Waals surface area contributed by atoms with E-state index in [0.717, 1.165) is 22.0 Å². The quantitative estimate of drug-likeness (QED) is 0.390. The number of hydrogen-bond acceptors (Lipinski definition) is 5. The lowest BCUT2D eigenvalue weighted by molar-refractivity contribution is 0.0902. The molecule has 5 aromatic rings. The third-order valence-electron chi connectivity index (χ3n) is 5.02. The summed E-state index contributed by atoms with van der Waals surface area (Å²) in [5.74, 6) is 1.62. The minimum absolute atomic E-state index is 0.208. The molecule has 0 fully saturated rings. The number of ether oxygens (including phenoxy) is 1. The van der Waals surface area contributed by atoms with Crippen LogP contribution in [0.25, 0.3) is 21.9 Å². The first-order valence-corrected chi connectivity index (χ1v) is 10.0. The molecule has 0 aliphatic carbocycles. The topological polar surface area (TPSA) is 77.5 Å². The number of nitrogens with one attached hydrogen (secondary N) is 1. The van der Waals surface area contributed by atoms with Crippen molar-refractivity contribution in [2.24, 2.45) is 0 Å². The summed E-state index contributed by atoms with van der Waals surface area (Å²) in [7, 11) is 0. The van der Waals surface area contributed by atoms with Crippen molar-refractivity contribution in [3.05, 3.63) is 96.3 Å². The molecule has 0 aliphatic rings. The van der Waals surface area contributed by atoms with Crippen LogP contribution in [0, 0.1) is 0 Å². The van der Waals surface area contributed by atoms with Crippen LogP contribution >= 0.6 is 0 Å². The van der Waals surface area contributed by atoms with Crippen LogP contribution in [0.1, 0.15) is 35.2 Å². The standard InChI is InChI=1S/C25H20N2O4/c1-16(25-27-21-8-4-5-9-22(21)31-25)26-24(28)23-13-12-20(30-23)15-29-19-11-10-17-6-2-3-7-18(17)14-19/h2-14,16H,15H2,1H3,(H,26,28). The number of rotatable bonds is 6. The van der Waals surface area contributed by atoms with Crippen molar-refractivity contribution in [2.75, 3.05) is 0 Å². The number of aromatic nitrogens is 1. The van der Waals surface area contributed by atoms with Gasteiger partial charge in [-0.15, -0.1) is 0 Å². The Bertz CT molecular complexity index is 1340. The molecular formula is C25H20N2O4. The highest BCUT2D eigenvalue weighted by Crippen LogP contribution is 2.23. The van der Waals surface area contributed by atoms with Crippen LogP contribution in [0.3, 0.4) is 0 Å². The van der Waals surface area contributed by atoms with Gasteiger partial charge < -0.3 is 18.9 Å². The molecule has 1 unspecified atom stereocenters. The summed E-state index contributed by atoms with van der Waals surface area (Å²) in [6.07, 6.45) is 0. The number of furan rings is 1. The van der Waals surface area contributed by atoms with Crippen molar-refractivity contribution < 1.29 is 18.4 Å². The minimum Gasteiger partial charge on any atom is -0.486 e. The molecular weight excluding hydrogens is 392 g/mol. The van der Waals surface area contributed by atoms with E-state index in [-0.39, 0.29) is 18.3 Å². The number of hydrogen-bond donors (Lipinski definition) is 1. The Hall–Kier alpha value is -4.06. The van der Waals surface area contributed by atoms with Crippen LogP contribution in [-0.4, -0.2) is 10.9 Å². The zero-order valence-corrected chi connectivity index (χ0v) is 16.9. The Balaban J connectivity index is 1.22. The lowest BCUT2D eigenvalue weighted by atomic mass is 10.1. The van der Waals surface area contributed by atoms with Gasteiger partial charge in [0, 0.05) is 0 Å². The van der Waals surface area contributed by atoms with Gasteiger partial charge in [-0.25, -0.2) is 4.98 Å². The first-order valence-electron chi connectivity index (χ1n) is 10.0. The Labute approximate surface area is 178 Å². The second-order valence-corrected chi connectivity index (χ2v) is 7.28. The van der Waals surface area contributed by atoms with E-state index in [2.05, 4.69) is 16.4 Å². The molecule has 1 N–H and O–H groups in total. The highest BCUT2D eigenvalue weighted by molar-refractivity contribution is 5.91. The van der Waals surface area contributed by atoms with Gasteiger partial charge in [0.1, 0.15) is 29.7 Å². The highest BCUT2D eigenvalue weighted by Gasteiger charge is 2.19. The number of para-hydroxylation sites is 2. The van der Waals surface area contributed by atoms with Gasteiger partial charge in [-0.3, -0.25) is 4.79 Å². The van der Waals surface area contributed by atoms with Crippen LogP contribution in [0.4, 0.5) is 0 Å². The predicted molar refractivity (Wildman–Crippen MR) is 117 cm³/mol. The number of carbonyl (C=O) groups excluding carboxylic acids is 1. The van der Waals surface area contributed by atoms with Crippen molar-refractivity contribution in [3.8, 4) is 5.75 Å². The lowest BCUT2D eigenvalue weighted by Gasteiger charge is -2.08. The number of oxazole rings is 1. The van der Waals surface area contributed by atoms with E-state index < -0.39 is 6.04 Å². The predicted octanol–water partition coefficient (Wildman–Crippen LogP) is 5.64. The summed E-state index contributed by atoms with van der Waals surface area (Å²) in [4.78, 5) is 17.0. The van der Waals surface area contributed by atoms with Crippen LogP contribution in [0.2, 0.25) is 0 Å². The Morgan fingerprint density at radius 3 is 2.65 bits per heavy atom. The van der Waals surface area contributed by atoms with Gasteiger partial charge in [-0.1, -0.05) is 42.5 Å². The van der Waals surface area contributed by atoms with E-state index in [4.69, 9.17) is 13.6 Å². The summed E-state index contributed by atoms with van der Waals surface area (Å²) < 4.78 is 17.2. The maximum absolute atomic E-state index is 12.6. The average molecular weight is 412 g/mol. The molecule has 0 aliphatic heterocycles. The molecule has 31 heavy (non-hydrogen) atoms. The summed E-state index contributed by atoms with van der Waals surface area (Å²) in [5, 5.41) is 5.11. The molecule has 0 bridgehead atoms. The van der Waals surface area contributed by atoms with Crippen molar-refractivity contribution in [2.45, 2.75) is 19.6 Å². The van der Waals surface area contributed by atoms with Gasteiger partial charge >= 0.3 is 0 Å². The molecule has 1 amide bonds. The molecule has 0 spiro atoms. The second-order valence-electron chi connectivity index (χ2n) is 7.28. The molecule has 0 radical (unpaired) electrons. The second kappa shape index (κ2) is 7.99. The zero-order valence-electron chi connectivity index (χ0n) is 16.9. The van der Waals surface area contributed by atoms with Crippen LogP contribution < -0.4 is 10.1 Å². The first-order chi connectivity index (χ1) is 15.2. The first kappa shape index (κ1) is 18.9. The van der Waals surface area contributed by atoms with Crippen molar-refractivity contribution >= 4 is 27.8 Å². The molecule has 154 valence electrons. The molecule has 3 aromatic carbocycles. The fourth-order valence-corrected chi connectivity index (χ4v) is 3.39. The normalized spacial score (nSPS) is 12.2. The monoisotopic (exact) mass is 412 g/mol. The fourth-order valence-electron chi connectivity index (χ4n) is 3.39. The highest BCUT2D eigenvalue weighted by atomic mass is 16.5. The molecule has 6 heteroatoms. The number of benzene rings is 3. The van der Waals surface area contributed by atoms with E-state index in [1.54, 1.807) is 12.1 Å². The Morgan fingerprint density at radius 2 is 1.77 bits per heavy atom. The number of amides is 1. The van der Waals surface area contributed by atoms with Crippen molar-refractivity contribution in [1.29, 1.82) is 0 Å². The third-order valence-corrected chi connectivity index (χ3v) is 5.02. The van der Waals surface area contributed by atoms with Gasteiger partial charge in [0.25, 0.3) is 5.91 Å². The molecule has 2 heterocycles. The van der Waals surface area contributed by atoms with E-state index >= 15 is 0 Å². The maximum atomic E-state index is 12.6. The van der Waals surface area contributed by atoms with Crippen LogP contribution in [0.15, 0.2) is 87.7 Å². The largest absolute Gasteiger partial charge is 0.486 e. The number of nitrogens with zero attached hydrogens (tertiary/aromatic N) is 1. The number of fused-ring (bicyclic) bond motifs is 2. The van der Waals surface area contributed by atoms with Crippen LogP contribution in [-0.2, 0) is 6.61 Å². The van der Waals surface area contributed by atoms with Crippen LogP contribution in [0.5, 0.6) is 5.75 Å². The average Bonchev–Trinajstić information content (AvgIpc) is 3.45. The minimum atomic E-state index is -0.401. The summed E-state index contributed by atoms with van der Waals surface area (Å²) >= 11 is 0. The van der Waals surface area contributed by atoms with Gasteiger partial charge in [0.15, 0.2) is 11.3 Å². The molecule has 2 aromatic heterocycles. The lowest BCUT2D eigenvalue weighted by Crippen LogP contribution is -2.26. The van der Waals surface area contributed by atoms with E-state index in [0.29, 0.717) is 17.2 Å². The van der Waals surface area contributed by atoms with Gasteiger partial charge in [0.05, 0.1) is 0 Å². The van der Waals surface area contributed by atoms with Crippen molar-refractivity contribution in [3.63, 3.8) is 0 Å². The Morgan fingerprint density at radius 1 is 0.968 bits per heavy atom. The maximum Gasteiger partial charge on any atom is 0.287 e. The SMILES string of the molecule is CC(NC(=O)c1ccc(COc2ccc3ccccc3c2)o1)c1nc2ccccc2o1. The molecule has 0 saturated heterocycles. The third kappa shape index (κ3) is 4.00. The summed E-state index contributed by atoms with van der Waals surface area (Å²) in [6.45, 7) is 2.04. The van der Waals surface area contributed by atoms with E-state index in [1.807, 2.05) is 67.6 Å². The Kier molecular flexibility index (Phi) is 4.88. The molecule has 5 rings (SSSR count). The van der Waals surface area contributed by atoms with E-state index in [9.17, 15) is 4.79 Å². The summed E-state index contributed by atoms with van der Waals surface area (Å²) in [5.41, 5.74) is 1.44. The van der Waals surface area contributed by atoms with Gasteiger partial charge in [0.2, 0.25) is 5.89 Å². The summed E-state index contributed by atoms with van der Waals surface area (Å²) in [6, 6.07) is 24.4. The number of carbonyl (C=O) groups is 1. The molecule has 1 atom stereocenters. The molecule has 6 nitrogen and oxygen atoms in total. The fraction of sp³-hybridized carbons (Fsp3) is 0.120. The molecule has 0 saturated carbocycles. The van der Waals surface area contributed by atoms with Gasteiger partial charge in [-0.05, 0) is 54.1 Å².